The van der Waals surface area contributed by atoms with E-state index < -0.39 is 0 Å². The number of aromatic nitrogens is 3. The maximum atomic E-state index is 5.31. The lowest BCUT2D eigenvalue weighted by Gasteiger charge is -2.19. The fraction of sp³-hybridized carbons (Fsp3) is 0.381. The van der Waals surface area contributed by atoms with Crippen molar-refractivity contribution in [3.63, 3.8) is 0 Å². The molecule has 0 aliphatic rings. The Labute approximate surface area is 175 Å². The van der Waals surface area contributed by atoms with Gasteiger partial charge in [0.05, 0.1) is 23.4 Å². The van der Waals surface area contributed by atoms with Crippen LogP contribution < -0.4 is 9.64 Å². The Morgan fingerprint density at radius 2 is 1.75 bits per heavy atom. The minimum absolute atomic E-state index is 0.770. The van der Waals surface area contributed by atoms with Crippen LogP contribution >= 0.6 is 23.1 Å². The first-order valence-corrected chi connectivity index (χ1v) is 11.5. The molecule has 2 aromatic heterocycles. The number of benzene rings is 1. The number of ether oxygens (including phenoxy) is 1. The van der Waals surface area contributed by atoms with Gasteiger partial charge >= 0.3 is 0 Å². The van der Waals surface area contributed by atoms with Crippen LogP contribution in [-0.2, 0) is 0 Å². The third-order valence-electron chi connectivity index (χ3n) is 4.29. The summed E-state index contributed by atoms with van der Waals surface area (Å²) in [6.07, 6.45) is 6.00. The van der Waals surface area contributed by atoms with Gasteiger partial charge in [-0.3, -0.25) is 0 Å². The highest BCUT2D eigenvalue weighted by atomic mass is 32.2. The largest absolute Gasteiger partial charge is 0.497 e. The Bertz CT molecular complexity index is 890. The molecule has 2 heterocycles. The molecule has 1 aromatic carbocycles. The molecule has 0 atom stereocenters. The van der Waals surface area contributed by atoms with Gasteiger partial charge in [-0.05, 0) is 49.4 Å². The van der Waals surface area contributed by atoms with Crippen molar-refractivity contribution in [3.8, 4) is 27.6 Å². The summed E-state index contributed by atoms with van der Waals surface area (Å²) in [7, 11) is 1.68. The molecule has 148 valence electrons. The lowest BCUT2D eigenvalue weighted by Crippen LogP contribution is -2.24. The number of hydrogen-bond acceptors (Lipinski definition) is 7. The number of hydrogen-bond donors (Lipinski definition) is 0. The van der Waals surface area contributed by atoms with Gasteiger partial charge in [-0.25, -0.2) is 15.0 Å². The van der Waals surface area contributed by atoms with Crippen LogP contribution in [0.15, 0.2) is 41.7 Å². The molecule has 0 radical (unpaired) electrons. The van der Waals surface area contributed by atoms with Crippen molar-refractivity contribution in [2.45, 2.75) is 31.8 Å². The molecule has 0 bridgehead atoms. The molecule has 3 aromatic rings. The molecular formula is C21H26N4OS2. The number of nitrogens with zero attached hydrogens (tertiary/aromatic N) is 4. The zero-order valence-corrected chi connectivity index (χ0v) is 18.4. The Morgan fingerprint density at radius 1 is 1.04 bits per heavy atom. The highest BCUT2D eigenvalue weighted by Crippen LogP contribution is 2.40. The number of methoxy groups -OCH3 is 1. The highest BCUT2D eigenvalue weighted by Gasteiger charge is 2.19. The second-order valence-corrected chi connectivity index (χ2v) is 8.07. The number of thiazole rings is 1. The van der Waals surface area contributed by atoms with E-state index in [0.29, 0.717) is 0 Å². The fourth-order valence-electron chi connectivity index (χ4n) is 2.97. The molecule has 0 saturated heterocycles. The lowest BCUT2D eigenvalue weighted by atomic mass is 10.1. The molecule has 28 heavy (non-hydrogen) atoms. The van der Waals surface area contributed by atoms with E-state index in [9.17, 15) is 0 Å². The summed E-state index contributed by atoms with van der Waals surface area (Å²) < 4.78 is 5.31. The van der Waals surface area contributed by atoms with E-state index in [2.05, 4.69) is 35.9 Å². The van der Waals surface area contributed by atoms with Crippen LogP contribution in [0.4, 0.5) is 5.13 Å². The number of thioether (sulfide) groups is 1. The summed E-state index contributed by atoms with van der Waals surface area (Å²) in [5, 5.41) is 1.82. The van der Waals surface area contributed by atoms with Crippen molar-refractivity contribution in [2.75, 3.05) is 31.4 Å². The number of rotatable bonds is 9. The second-order valence-electron chi connectivity index (χ2n) is 6.32. The van der Waals surface area contributed by atoms with Gasteiger partial charge in [0.15, 0.2) is 10.3 Å². The molecule has 0 unspecified atom stereocenters. The molecule has 7 heteroatoms. The van der Waals surface area contributed by atoms with Gasteiger partial charge in [0.2, 0.25) is 0 Å². The smallest absolute Gasteiger partial charge is 0.187 e. The molecule has 3 rings (SSSR count). The summed E-state index contributed by atoms with van der Waals surface area (Å²) >= 11 is 3.26. The van der Waals surface area contributed by atoms with Crippen molar-refractivity contribution in [3.05, 3.63) is 36.5 Å². The van der Waals surface area contributed by atoms with Gasteiger partial charge in [-0.1, -0.05) is 36.9 Å². The third-order valence-corrected chi connectivity index (χ3v) is 5.99. The predicted octanol–water partition coefficient (Wildman–Crippen LogP) is 5.62. The first kappa shape index (κ1) is 20.6. The SMILES string of the molecule is CCCN(CCC)c1nc(-c2ccc(OC)cc2)c(-c2ccnc(SC)n2)s1. The van der Waals surface area contributed by atoms with Crippen LogP contribution in [0, 0.1) is 0 Å². The molecule has 0 aliphatic heterocycles. The third kappa shape index (κ3) is 4.64. The van der Waals surface area contributed by atoms with E-state index in [1.807, 2.05) is 30.7 Å². The molecule has 0 amide bonds. The molecule has 5 nitrogen and oxygen atoms in total. The van der Waals surface area contributed by atoms with Crippen LogP contribution in [0.25, 0.3) is 21.8 Å². The van der Waals surface area contributed by atoms with Crippen molar-refractivity contribution < 1.29 is 4.74 Å². The van der Waals surface area contributed by atoms with Crippen molar-refractivity contribution in [1.29, 1.82) is 0 Å². The Morgan fingerprint density at radius 3 is 2.36 bits per heavy atom. The normalized spacial score (nSPS) is 10.9. The van der Waals surface area contributed by atoms with E-state index in [4.69, 9.17) is 14.7 Å². The van der Waals surface area contributed by atoms with Crippen molar-refractivity contribution >= 4 is 28.2 Å². The van der Waals surface area contributed by atoms with Crippen LogP contribution in [0.1, 0.15) is 26.7 Å². The lowest BCUT2D eigenvalue weighted by molar-refractivity contribution is 0.415. The standard InChI is InChI=1S/C21H26N4OS2/c1-5-13-25(14-6-2)21-24-18(15-7-9-16(26-3)10-8-15)19(28-21)17-11-12-22-20(23-17)27-4/h7-12H,5-6,13-14H2,1-4H3. The van der Waals surface area contributed by atoms with Crippen LogP contribution in [0.3, 0.4) is 0 Å². The van der Waals surface area contributed by atoms with Gasteiger partial charge < -0.3 is 9.64 Å². The molecular weight excluding hydrogens is 388 g/mol. The monoisotopic (exact) mass is 414 g/mol. The van der Waals surface area contributed by atoms with Gasteiger partial charge in [-0.2, -0.15) is 0 Å². The van der Waals surface area contributed by atoms with Crippen LogP contribution in [-0.4, -0.2) is 41.4 Å². The van der Waals surface area contributed by atoms with Gasteiger partial charge in [0, 0.05) is 24.8 Å². The van der Waals surface area contributed by atoms with Gasteiger partial charge in [0.1, 0.15) is 5.75 Å². The van der Waals surface area contributed by atoms with E-state index in [1.54, 1.807) is 30.2 Å². The predicted molar refractivity (Wildman–Crippen MR) is 120 cm³/mol. The minimum Gasteiger partial charge on any atom is -0.497 e. The first-order chi connectivity index (χ1) is 13.7. The Hall–Kier alpha value is -2.12. The van der Waals surface area contributed by atoms with E-state index in [1.165, 1.54) is 0 Å². The summed E-state index contributed by atoms with van der Waals surface area (Å²) in [5.74, 6) is 0.839. The second kappa shape index (κ2) is 9.89. The summed E-state index contributed by atoms with van der Waals surface area (Å²) in [4.78, 5) is 17.5. The maximum absolute atomic E-state index is 5.31. The summed E-state index contributed by atoms with van der Waals surface area (Å²) in [5.41, 5.74) is 2.95. The quantitative estimate of drug-likeness (QED) is 0.334. The highest BCUT2D eigenvalue weighted by molar-refractivity contribution is 7.98. The van der Waals surface area contributed by atoms with Gasteiger partial charge in [-0.15, -0.1) is 0 Å². The Kier molecular flexibility index (Phi) is 7.28. The molecule has 0 N–H and O–H groups in total. The molecule has 0 aliphatic carbocycles. The van der Waals surface area contributed by atoms with E-state index >= 15 is 0 Å². The minimum atomic E-state index is 0.770. The summed E-state index contributed by atoms with van der Waals surface area (Å²) in [6, 6.07) is 10.0. The molecule has 0 fully saturated rings. The van der Waals surface area contributed by atoms with E-state index in [-0.39, 0.29) is 0 Å². The average molecular weight is 415 g/mol. The average Bonchev–Trinajstić information content (AvgIpc) is 3.19. The van der Waals surface area contributed by atoms with Crippen LogP contribution in [0.2, 0.25) is 0 Å². The maximum Gasteiger partial charge on any atom is 0.187 e. The van der Waals surface area contributed by atoms with Crippen molar-refractivity contribution in [2.24, 2.45) is 0 Å². The zero-order valence-electron chi connectivity index (χ0n) is 16.8. The van der Waals surface area contributed by atoms with E-state index in [0.717, 1.165) is 63.8 Å². The summed E-state index contributed by atoms with van der Waals surface area (Å²) in [6.45, 7) is 6.42. The van der Waals surface area contributed by atoms with Gasteiger partial charge in [0.25, 0.3) is 0 Å². The van der Waals surface area contributed by atoms with Crippen molar-refractivity contribution in [1.82, 2.24) is 15.0 Å². The Balaban J connectivity index is 2.11. The number of anilines is 1. The fourth-order valence-corrected chi connectivity index (χ4v) is 4.44. The topological polar surface area (TPSA) is 51.1 Å². The molecule has 0 spiro atoms. The first-order valence-electron chi connectivity index (χ1n) is 9.47. The zero-order chi connectivity index (χ0) is 19.9. The van der Waals surface area contributed by atoms with Crippen LogP contribution in [0.5, 0.6) is 5.75 Å². The molecule has 0 saturated carbocycles.